The van der Waals surface area contributed by atoms with Gasteiger partial charge in [-0.25, -0.2) is 4.39 Å². The zero-order valence-corrected chi connectivity index (χ0v) is 13.3. The summed E-state index contributed by atoms with van der Waals surface area (Å²) in [7, 11) is 0. The van der Waals surface area contributed by atoms with Gasteiger partial charge in [0.1, 0.15) is 5.82 Å². The molecule has 1 amide bonds. The van der Waals surface area contributed by atoms with Crippen molar-refractivity contribution in [1.29, 1.82) is 0 Å². The predicted molar refractivity (Wildman–Crippen MR) is 91.6 cm³/mol. The molecule has 4 heteroatoms. The number of amides is 1. The van der Waals surface area contributed by atoms with E-state index in [2.05, 4.69) is 10.2 Å². The zero-order valence-electron chi connectivity index (χ0n) is 13.3. The van der Waals surface area contributed by atoms with Crippen LogP contribution < -0.4 is 10.2 Å². The van der Waals surface area contributed by atoms with Crippen LogP contribution in [0.1, 0.15) is 35.2 Å². The third-order valence-corrected chi connectivity index (χ3v) is 4.29. The van der Waals surface area contributed by atoms with Gasteiger partial charge in [0.2, 0.25) is 0 Å². The van der Waals surface area contributed by atoms with Gasteiger partial charge in [0, 0.05) is 18.7 Å². The van der Waals surface area contributed by atoms with Crippen LogP contribution in [0.15, 0.2) is 42.5 Å². The van der Waals surface area contributed by atoms with Gasteiger partial charge in [0.15, 0.2) is 0 Å². The van der Waals surface area contributed by atoms with Crippen molar-refractivity contribution in [2.24, 2.45) is 0 Å². The average molecular weight is 312 g/mol. The molecule has 0 radical (unpaired) electrons. The van der Waals surface area contributed by atoms with Crippen LogP contribution in [0.5, 0.6) is 0 Å². The fourth-order valence-corrected chi connectivity index (χ4v) is 3.04. The summed E-state index contributed by atoms with van der Waals surface area (Å²) in [5.41, 5.74) is 2.95. The Morgan fingerprint density at radius 3 is 2.57 bits per heavy atom. The number of carbonyl (C=O) groups excluding carboxylic acids is 1. The molecule has 120 valence electrons. The molecule has 0 spiro atoms. The van der Waals surface area contributed by atoms with Gasteiger partial charge in [-0.2, -0.15) is 0 Å². The Balaban J connectivity index is 1.88. The van der Waals surface area contributed by atoms with Crippen LogP contribution in [0.25, 0.3) is 0 Å². The van der Waals surface area contributed by atoms with E-state index in [4.69, 9.17) is 0 Å². The van der Waals surface area contributed by atoms with E-state index in [0.717, 1.165) is 37.2 Å². The number of hydrogen-bond donors (Lipinski definition) is 1. The number of carbonyl (C=O) groups is 1. The maximum absolute atomic E-state index is 13.7. The van der Waals surface area contributed by atoms with Crippen LogP contribution in [0.4, 0.5) is 15.8 Å². The highest BCUT2D eigenvalue weighted by atomic mass is 19.1. The quantitative estimate of drug-likeness (QED) is 0.912. The molecule has 23 heavy (non-hydrogen) atoms. The Bertz CT molecular complexity index is 708. The van der Waals surface area contributed by atoms with Crippen LogP contribution in [0.2, 0.25) is 0 Å². The summed E-state index contributed by atoms with van der Waals surface area (Å²) in [5, 5.41) is 2.89. The standard InChI is InChI=1S/C19H21FN2O/c1-14-7-3-4-8-16(14)19(23)21-17-13-15(20)9-10-18(17)22-11-5-2-6-12-22/h3-4,7-10,13H,2,5-6,11-12H2,1H3,(H,21,23). The topological polar surface area (TPSA) is 32.3 Å². The molecule has 1 saturated heterocycles. The van der Waals surface area contributed by atoms with E-state index in [0.29, 0.717) is 11.3 Å². The van der Waals surface area contributed by atoms with E-state index < -0.39 is 0 Å². The normalized spacial score (nSPS) is 14.6. The Kier molecular flexibility index (Phi) is 4.60. The number of piperidine rings is 1. The van der Waals surface area contributed by atoms with Crippen LogP contribution in [-0.4, -0.2) is 19.0 Å². The number of benzene rings is 2. The molecule has 1 fully saturated rings. The van der Waals surface area contributed by atoms with Crippen molar-refractivity contribution in [2.75, 3.05) is 23.3 Å². The summed E-state index contributed by atoms with van der Waals surface area (Å²) in [6.45, 7) is 3.78. The van der Waals surface area contributed by atoms with Crippen LogP contribution in [-0.2, 0) is 0 Å². The Hall–Kier alpha value is -2.36. The average Bonchev–Trinajstić information content (AvgIpc) is 2.56. The molecule has 0 aromatic heterocycles. The van der Waals surface area contributed by atoms with E-state index in [1.165, 1.54) is 18.6 Å². The summed E-state index contributed by atoms with van der Waals surface area (Å²) in [6.07, 6.45) is 3.48. The van der Waals surface area contributed by atoms with E-state index in [1.54, 1.807) is 12.1 Å². The lowest BCUT2D eigenvalue weighted by molar-refractivity contribution is 0.102. The summed E-state index contributed by atoms with van der Waals surface area (Å²) in [6, 6.07) is 12.0. The summed E-state index contributed by atoms with van der Waals surface area (Å²) >= 11 is 0. The Morgan fingerprint density at radius 1 is 1.09 bits per heavy atom. The van der Waals surface area contributed by atoms with Crippen LogP contribution in [0, 0.1) is 12.7 Å². The molecule has 0 atom stereocenters. The number of nitrogens with zero attached hydrogens (tertiary/aromatic N) is 1. The van der Waals surface area contributed by atoms with Gasteiger partial charge < -0.3 is 10.2 Å². The maximum atomic E-state index is 13.7. The number of aryl methyl sites for hydroxylation is 1. The second-order valence-corrected chi connectivity index (χ2v) is 5.98. The van der Waals surface area contributed by atoms with Crippen LogP contribution >= 0.6 is 0 Å². The maximum Gasteiger partial charge on any atom is 0.255 e. The lowest BCUT2D eigenvalue weighted by atomic mass is 10.1. The smallest absolute Gasteiger partial charge is 0.255 e. The third-order valence-electron chi connectivity index (χ3n) is 4.29. The molecule has 0 unspecified atom stereocenters. The molecule has 0 aliphatic carbocycles. The first-order chi connectivity index (χ1) is 11.1. The van der Waals surface area contributed by atoms with Crippen molar-refractivity contribution < 1.29 is 9.18 Å². The van der Waals surface area contributed by atoms with E-state index in [1.807, 2.05) is 25.1 Å². The number of rotatable bonds is 3. The SMILES string of the molecule is Cc1ccccc1C(=O)Nc1cc(F)ccc1N1CCCCC1. The number of hydrogen-bond acceptors (Lipinski definition) is 2. The van der Waals surface area contributed by atoms with E-state index in [-0.39, 0.29) is 11.7 Å². The fourth-order valence-electron chi connectivity index (χ4n) is 3.04. The highest BCUT2D eigenvalue weighted by molar-refractivity contribution is 6.06. The molecule has 1 aliphatic rings. The molecule has 0 saturated carbocycles. The fraction of sp³-hybridized carbons (Fsp3) is 0.316. The minimum Gasteiger partial charge on any atom is -0.370 e. The highest BCUT2D eigenvalue weighted by Crippen LogP contribution is 2.30. The van der Waals surface area contributed by atoms with Gasteiger partial charge >= 0.3 is 0 Å². The first kappa shape index (κ1) is 15.5. The molecule has 1 heterocycles. The summed E-state index contributed by atoms with van der Waals surface area (Å²) in [4.78, 5) is 14.7. The molecule has 3 nitrogen and oxygen atoms in total. The second-order valence-electron chi connectivity index (χ2n) is 5.98. The van der Waals surface area contributed by atoms with E-state index in [9.17, 15) is 9.18 Å². The first-order valence-electron chi connectivity index (χ1n) is 8.06. The van der Waals surface area contributed by atoms with Gasteiger partial charge in [0.05, 0.1) is 11.4 Å². The monoisotopic (exact) mass is 312 g/mol. The van der Waals surface area contributed by atoms with Gasteiger partial charge in [-0.3, -0.25) is 4.79 Å². The molecule has 3 rings (SSSR count). The van der Waals surface area contributed by atoms with Crippen molar-refractivity contribution in [1.82, 2.24) is 0 Å². The van der Waals surface area contributed by atoms with Crippen LogP contribution in [0.3, 0.4) is 0 Å². The molecular formula is C19H21FN2O. The zero-order chi connectivity index (χ0) is 16.2. The van der Waals surface area contributed by atoms with Crippen molar-refractivity contribution >= 4 is 17.3 Å². The lowest BCUT2D eigenvalue weighted by Gasteiger charge is -2.30. The van der Waals surface area contributed by atoms with Crippen molar-refractivity contribution in [3.05, 3.63) is 59.4 Å². The van der Waals surface area contributed by atoms with Gasteiger partial charge in [-0.15, -0.1) is 0 Å². The predicted octanol–water partition coefficient (Wildman–Crippen LogP) is 4.38. The largest absolute Gasteiger partial charge is 0.370 e. The molecule has 2 aromatic carbocycles. The molecular weight excluding hydrogens is 291 g/mol. The first-order valence-corrected chi connectivity index (χ1v) is 8.06. The minimum atomic E-state index is -0.342. The molecule has 2 aromatic rings. The van der Waals surface area contributed by atoms with Crippen molar-refractivity contribution in [2.45, 2.75) is 26.2 Å². The minimum absolute atomic E-state index is 0.202. The summed E-state index contributed by atoms with van der Waals surface area (Å²) in [5.74, 6) is -0.544. The molecule has 0 bridgehead atoms. The summed E-state index contributed by atoms with van der Waals surface area (Å²) < 4.78 is 13.7. The van der Waals surface area contributed by atoms with Gasteiger partial charge in [-0.05, 0) is 56.0 Å². The molecule has 1 aliphatic heterocycles. The second kappa shape index (κ2) is 6.82. The van der Waals surface area contributed by atoms with Gasteiger partial charge in [0.25, 0.3) is 5.91 Å². The number of nitrogens with one attached hydrogen (secondary N) is 1. The van der Waals surface area contributed by atoms with Crippen molar-refractivity contribution in [3.8, 4) is 0 Å². The Morgan fingerprint density at radius 2 is 1.83 bits per heavy atom. The number of anilines is 2. The lowest BCUT2D eigenvalue weighted by Crippen LogP contribution is -2.30. The number of halogens is 1. The third kappa shape index (κ3) is 3.52. The highest BCUT2D eigenvalue weighted by Gasteiger charge is 2.17. The van der Waals surface area contributed by atoms with Crippen molar-refractivity contribution in [3.63, 3.8) is 0 Å². The molecule has 1 N–H and O–H groups in total. The van der Waals surface area contributed by atoms with E-state index >= 15 is 0 Å². The Labute approximate surface area is 136 Å². The van der Waals surface area contributed by atoms with Gasteiger partial charge in [-0.1, -0.05) is 18.2 Å².